The second-order valence-corrected chi connectivity index (χ2v) is 4.92. The topological polar surface area (TPSA) is 35.2 Å². The minimum absolute atomic E-state index is 0.195. The normalized spacial score (nSPS) is 13.0. The van der Waals surface area contributed by atoms with Crippen LogP contribution in [0.25, 0.3) is 0 Å². The molecular weight excluding hydrogens is 279 g/mol. The van der Waals surface area contributed by atoms with Crippen LogP contribution in [0.15, 0.2) is 48.5 Å². The summed E-state index contributed by atoms with van der Waals surface area (Å²) < 4.78 is 40.0. The molecule has 21 heavy (non-hydrogen) atoms. The maximum Gasteiger partial charge on any atom is 0.573 e. The van der Waals surface area contributed by atoms with E-state index in [1.807, 2.05) is 31.2 Å². The Hall–Kier alpha value is -2.01. The Kier molecular flexibility index (Phi) is 4.53. The Bertz CT molecular complexity index is 593. The van der Waals surface area contributed by atoms with E-state index in [0.29, 0.717) is 6.42 Å². The number of ether oxygens (including phenoxy) is 1. The van der Waals surface area contributed by atoms with Crippen molar-refractivity contribution in [2.24, 2.45) is 5.73 Å². The van der Waals surface area contributed by atoms with Crippen LogP contribution >= 0.6 is 0 Å². The van der Waals surface area contributed by atoms with Crippen molar-refractivity contribution in [2.45, 2.75) is 25.7 Å². The SMILES string of the molecule is Cc1cccc(C(N)Cc2ccc(OC(F)(F)F)cc2)c1. The maximum atomic E-state index is 12.1. The quantitative estimate of drug-likeness (QED) is 0.920. The third-order valence-corrected chi connectivity index (χ3v) is 3.08. The molecule has 0 fully saturated rings. The van der Waals surface area contributed by atoms with Crippen LogP contribution in [0.5, 0.6) is 5.75 Å². The molecule has 1 atom stereocenters. The average molecular weight is 295 g/mol. The number of rotatable bonds is 4. The molecule has 0 saturated carbocycles. The molecule has 5 heteroatoms. The van der Waals surface area contributed by atoms with Gasteiger partial charge in [-0.25, -0.2) is 0 Å². The number of nitrogens with two attached hydrogens (primary N) is 1. The van der Waals surface area contributed by atoms with E-state index >= 15 is 0 Å². The van der Waals surface area contributed by atoms with Crippen molar-refractivity contribution in [3.63, 3.8) is 0 Å². The van der Waals surface area contributed by atoms with Gasteiger partial charge < -0.3 is 10.5 Å². The van der Waals surface area contributed by atoms with Gasteiger partial charge in [-0.2, -0.15) is 0 Å². The summed E-state index contributed by atoms with van der Waals surface area (Å²) in [5.41, 5.74) is 9.11. The molecule has 0 saturated heterocycles. The Labute approximate surface area is 121 Å². The number of halogens is 3. The number of hydrogen-bond donors (Lipinski definition) is 1. The van der Waals surface area contributed by atoms with E-state index in [0.717, 1.165) is 16.7 Å². The zero-order chi connectivity index (χ0) is 15.5. The predicted molar refractivity (Wildman–Crippen MR) is 74.9 cm³/mol. The highest BCUT2D eigenvalue weighted by atomic mass is 19.4. The Balaban J connectivity index is 2.03. The summed E-state index contributed by atoms with van der Waals surface area (Å²) in [6.07, 6.45) is -4.12. The summed E-state index contributed by atoms with van der Waals surface area (Å²) >= 11 is 0. The fourth-order valence-electron chi connectivity index (χ4n) is 2.10. The van der Waals surface area contributed by atoms with Crippen LogP contribution in [0.1, 0.15) is 22.7 Å². The van der Waals surface area contributed by atoms with Crippen molar-refractivity contribution in [2.75, 3.05) is 0 Å². The Morgan fingerprint density at radius 3 is 2.33 bits per heavy atom. The van der Waals surface area contributed by atoms with Crippen molar-refractivity contribution in [1.82, 2.24) is 0 Å². The molecule has 0 spiro atoms. The summed E-state index contributed by atoms with van der Waals surface area (Å²) in [6.45, 7) is 1.99. The summed E-state index contributed by atoms with van der Waals surface area (Å²) in [5, 5.41) is 0. The lowest BCUT2D eigenvalue weighted by molar-refractivity contribution is -0.274. The van der Waals surface area contributed by atoms with Gasteiger partial charge >= 0.3 is 6.36 Å². The standard InChI is InChI=1S/C16H16F3NO/c1-11-3-2-4-13(9-11)15(20)10-12-5-7-14(8-6-12)21-16(17,18)19/h2-9,15H,10,20H2,1H3. The molecule has 2 aromatic carbocycles. The second-order valence-electron chi connectivity index (χ2n) is 4.92. The van der Waals surface area contributed by atoms with Crippen LogP contribution < -0.4 is 10.5 Å². The highest BCUT2D eigenvalue weighted by Crippen LogP contribution is 2.24. The smallest absolute Gasteiger partial charge is 0.406 e. The van der Waals surface area contributed by atoms with Crippen molar-refractivity contribution in [3.05, 3.63) is 65.2 Å². The predicted octanol–water partition coefficient (Wildman–Crippen LogP) is 4.14. The van der Waals surface area contributed by atoms with Gasteiger partial charge in [-0.3, -0.25) is 0 Å². The minimum Gasteiger partial charge on any atom is -0.406 e. The third kappa shape index (κ3) is 4.79. The molecule has 0 aliphatic heterocycles. The first-order valence-electron chi connectivity index (χ1n) is 6.50. The van der Waals surface area contributed by atoms with Gasteiger partial charge in [0.25, 0.3) is 0 Å². The van der Waals surface area contributed by atoms with E-state index in [-0.39, 0.29) is 11.8 Å². The number of alkyl halides is 3. The van der Waals surface area contributed by atoms with Gasteiger partial charge in [0.15, 0.2) is 0 Å². The van der Waals surface area contributed by atoms with Crippen LogP contribution in [-0.2, 0) is 6.42 Å². The number of hydrogen-bond acceptors (Lipinski definition) is 2. The van der Waals surface area contributed by atoms with Gasteiger partial charge in [0.2, 0.25) is 0 Å². The van der Waals surface area contributed by atoms with E-state index < -0.39 is 6.36 Å². The van der Waals surface area contributed by atoms with Crippen LogP contribution in [-0.4, -0.2) is 6.36 Å². The minimum atomic E-state index is -4.67. The van der Waals surface area contributed by atoms with Crippen molar-refractivity contribution >= 4 is 0 Å². The van der Waals surface area contributed by atoms with Gasteiger partial charge in [0.1, 0.15) is 5.75 Å². The fourth-order valence-corrected chi connectivity index (χ4v) is 2.10. The Morgan fingerprint density at radius 2 is 1.76 bits per heavy atom. The zero-order valence-corrected chi connectivity index (χ0v) is 11.5. The zero-order valence-electron chi connectivity index (χ0n) is 11.5. The number of aryl methyl sites for hydroxylation is 1. The van der Waals surface area contributed by atoms with Crippen LogP contribution in [0.3, 0.4) is 0 Å². The Morgan fingerprint density at radius 1 is 1.10 bits per heavy atom. The van der Waals surface area contributed by atoms with Crippen LogP contribution in [0.4, 0.5) is 13.2 Å². The fraction of sp³-hybridized carbons (Fsp3) is 0.250. The molecule has 112 valence electrons. The van der Waals surface area contributed by atoms with E-state index in [2.05, 4.69) is 4.74 Å². The van der Waals surface area contributed by atoms with Crippen molar-refractivity contribution in [3.8, 4) is 5.75 Å². The molecule has 0 aromatic heterocycles. The lowest BCUT2D eigenvalue weighted by Crippen LogP contribution is -2.17. The molecule has 0 radical (unpaired) electrons. The third-order valence-electron chi connectivity index (χ3n) is 3.08. The van der Waals surface area contributed by atoms with E-state index in [1.165, 1.54) is 12.1 Å². The van der Waals surface area contributed by atoms with Gasteiger partial charge in [0, 0.05) is 6.04 Å². The molecular formula is C16H16F3NO. The summed E-state index contributed by atoms with van der Waals surface area (Å²) in [5.74, 6) is -0.227. The largest absolute Gasteiger partial charge is 0.573 e. The second kappa shape index (κ2) is 6.18. The molecule has 0 aliphatic rings. The summed E-state index contributed by atoms with van der Waals surface area (Å²) in [7, 11) is 0. The molecule has 2 nitrogen and oxygen atoms in total. The van der Waals surface area contributed by atoms with Crippen molar-refractivity contribution in [1.29, 1.82) is 0 Å². The first kappa shape index (κ1) is 15.4. The molecule has 0 bridgehead atoms. The molecule has 0 amide bonds. The van der Waals surface area contributed by atoms with E-state index in [9.17, 15) is 13.2 Å². The lowest BCUT2D eigenvalue weighted by atomic mass is 9.98. The maximum absolute atomic E-state index is 12.1. The summed E-state index contributed by atoms with van der Waals surface area (Å²) in [6, 6.07) is 13.5. The average Bonchev–Trinajstić information content (AvgIpc) is 2.39. The van der Waals surface area contributed by atoms with Crippen molar-refractivity contribution < 1.29 is 17.9 Å². The van der Waals surface area contributed by atoms with Gasteiger partial charge in [-0.05, 0) is 36.6 Å². The highest BCUT2D eigenvalue weighted by molar-refractivity contribution is 5.30. The highest BCUT2D eigenvalue weighted by Gasteiger charge is 2.30. The van der Waals surface area contributed by atoms with Crippen LogP contribution in [0, 0.1) is 6.92 Å². The lowest BCUT2D eigenvalue weighted by Gasteiger charge is -2.14. The molecule has 0 heterocycles. The summed E-state index contributed by atoms with van der Waals surface area (Å²) in [4.78, 5) is 0. The van der Waals surface area contributed by atoms with Crippen LogP contribution in [0.2, 0.25) is 0 Å². The molecule has 2 rings (SSSR count). The van der Waals surface area contributed by atoms with E-state index in [1.54, 1.807) is 12.1 Å². The number of benzene rings is 2. The monoisotopic (exact) mass is 295 g/mol. The molecule has 0 aliphatic carbocycles. The van der Waals surface area contributed by atoms with Gasteiger partial charge in [0.05, 0.1) is 0 Å². The molecule has 1 unspecified atom stereocenters. The molecule has 2 aromatic rings. The van der Waals surface area contributed by atoms with Gasteiger partial charge in [-0.15, -0.1) is 13.2 Å². The molecule has 2 N–H and O–H groups in total. The first-order chi connectivity index (χ1) is 9.83. The first-order valence-corrected chi connectivity index (χ1v) is 6.50. The van der Waals surface area contributed by atoms with Gasteiger partial charge in [-0.1, -0.05) is 42.0 Å². The van der Waals surface area contributed by atoms with E-state index in [4.69, 9.17) is 5.73 Å².